The Kier molecular flexibility index (Phi) is 4.63. The monoisotopic (exact) mass is 295 g/mol. The highest BCUT2D eigenvalue weighted by Gasteiger charge is 2.47. The fourth-order valence-corrected chi connectivity index (χ4v) is 3.65. The molecule has 2 atom stereocenters. The molecule has 0 aromatic rings. The Morgan fingerprint density at radius 3 is 2.43 bits per heavy atom. The number of nitrogens with zero attached hydrogens (tertiary/aromatic N) is 1. The molecule has 6 heteroatoms. The molecule has 2 saturated carbocycles. The van der Waals surface area contributed by atoms with Gasteiger partial charge in [-0.2, -0.15) is 0 Å². The van der Waals surface area contributed by atoms with Crippen LogP contribution < -0.4 is 10.9 Å². The molecule has 0 aromatic heterocycles. The molecule has 2 N–H and O–H groups in total. The molecule has 0 bridgehead atoms. The first-order valence-electron chi connectivity index (χ1n) is 8.18. The Labute approximate surface area is 125 Å². The largest absolute Gasteiger partial charge is 0.378 e. The van der Waals surface area contributed by atoms with Gasteiger partial charge >= 0.3 is 6.03 Å². The van der Waals surface area contributed by atoms with Crippen LogP contribution in [-0.4, -0.2) is 43.1 Å². The van der Waals surface area contributed by atoms with Gasteiger partial charge in [-0.15, -0.1) is 0 Å². The molecule has 1 heterocycles. The molecule has 21 heavy (non-hydrogen) atoms. The molecule has 3 fully saturated rings. The van der Waals surface area contributed by atoms with Gasteiger partial charge in [0.2, 0.25) is 5.91 Å². The lowest BCUT2D eigenvalue weighted by atomic mass is 9.85. The number of carbonyl (C=O) groups excluding carboxylic acids is 2. The number of rotatable bonds is 2. The molecule has 3 rings (SSSR count). The Morgan fingerprint density at radius 1 is 1.00 bits per heavy atom. The predicted octanol–water partition coefficient (Wildman–Crippen LogP) is 1.28. The van der Waals surface area contributed by atoms with Crippen LogP contribution in [0, 0.1) is 17.8 Å². The SMILES string of the molecule is O=C(NNC(=O)N1CCOCC1)[C@H]1C[C@@H]1C1CCCCC1. The molecular formula is C15H25N3O3. The maximum atomic E-state index is 12.1. The van der Waals surface area contributed by atoms with Crippen molar-refractivity contribution < 1.29 is 14.3 Å². The standard InChI is InChI=1S/C15H25N3O3/c19-14(13-10-12(13)11-4-2-1-3-5-11)16-17-15(20)18-6-8-21-9-7-18/h11-13H,1-10H2,(H,16,19)(H,17,20)/t12-,13+/m1/s1. The van der Waals surface area contributed by atoms with Crippen molar-refractivity contribution in [3.05, 3.63) is 0 Å². The topological polar surface area (TPSA) is 70.7 Å². The van der Waals surface area contributed by atoms with Crippen LogP contribution in [0.2, 0.25) is 0 Å². The highest BCUT2D eigenvalue weighted by atomic mass is 16.5. The number of amides is 3. The predicted molar refractivity (Wildman–Crippen MR) is 77.2 cm³/mol. The summed E-state index contributed by atoms with van der Waals surface area (Å²) in [5.74, 6) is 1.36. The summed E-state index contributed by atoms with van der Waals surface area (Å²) < 4.78 is 5.20. The fourth-order valence-electron chi connectivity index (χ4n) is 3.65. The molecule has 0 spiro atoms. The molecule has 0 aromatic carbocycles. The van der Waals surface area contributed by atoms with Crippen LogP contribution in [0.15, 0.2) is 0 Å². The van der Waals surface area contributed by atoms with Crippen LogP contribution in [0.25, 0.3) is 0 Å². The van der Waals surface area contributed by atoms with Gasteiger partial charge in [0.25, 0.3) is 0 Å². The zero-order valence-electron chi connectivity index (χ0n) is 12.5. The fraction of sp³-hybridized carbons (Fsp3) is 0.867. The van der Waals surface area contributed by atoms with E-state index in [2.05, 4.69) is 10.9 Å². The number of morpholine rings is 1. The molecule has 2 aliphatic carbocycles. The number of ether oxygens (including phenoxy) is 1. The van der Waals surface area contributed by atoms with Gasteiger partial charge in [-0.25, -0.2) is 10.2 Å². The minimum Gasteiger partial charge on any atom is -0.378 e. The van der Waals surface area contributed by atoms with E-state index in [1.165, 1.54) is 32.1 Å². The summed E-state index contributed by atoms with van der Waals surface area (Å²) >= 11 is 0. The highest BCUT2D eigenvalue weighted by Crippen LogP contribution is 2.49. The van der Waals surface area contributed by atoms with Crippen LogP contribution >= 0.6 is 0 Å². The highest BCUT2D eigenvalue weighted by molar-refractivity contribution is 5.84. The van der Waals surface area contributed by atoms with E-state index in [0.717, 1.165) is 12.3 Å². The third-order valence-electron chi connectivity index (χ3n) is 5.02. The summed E-state index contributed by atoms with van der Waals surface area (Å²) in [6.07, 6.45) is 7.50. The number of hydrazine groups is 1. The summed E-state index contributed by atoms with van der Waals surface area (Å²) in [7, 11) is 0. The van der Waals surface area contributed by atoms with E-state index in [1.807, 2.05) is 0 Å². The van der Waals surface area contributed by atoms with Crippen molar-refractivity contribution >= 4 is 11.9 Å². The lowest BCUT2D eigenvalue weighted by Gasteiger charge is -2.27. The third kappa shape index (κ3) is 3.67. The van der Waals surface area contributed by atoms with E-state index in [1.54, 1.807) is 4.90 Å². The Morgan fingerprint density at radius 2 is 1.71 bits per heavy atom. The van der Waals surface area contributed by atoms with E-state index in [0.29, 0.717) is 32.2 Å². The van der Waals surface area contributed by atoms with E-state index in [9.17, 15) is 9.59 Å². The quantitative estimate of drug-likeness (QED) is 0.754. The lowest BCUT2D eigenvalue weighted by molar-refractivity contribution is -0.123. The minimum absolute atomic E-state index is 0.0211. The van der Waals surface area contributed by atoms with Gasteiger partial charge in [0.15, 0.2) is 0 Å². The van der Waals surface area contributed by atoms with Gasteiger partial charge < -0.3 is 9.64 Å². The van der Waals surface area contributed by atoms with Gasteiger partial charge in [0, 0.05) is 19.0 Å². The zero-order valence-corrected chi connectivity index (χ0v) is 12.5. The number of carbonyl (C=O) groups is 2. The summed E-state index contributed by atoms with van der Waals surface area (Å²) in [4.78, 5) is 25.6. The van der Waals surface area contributed by atoms with E-state index in [4.69, 9.17) is 4.74 Å². The second-order valence-corrected chi connectivity index (χ2v) is 6.42. The van der Waals surface area contributed by atoms with Crippen molar-refractivity contribution in [1.82, 2.24) is 15.8 Å². The van der Waals surface area contributed by atoms with Gasteiger partial charge in [-0.3, -0.25) is 10.2 Å². The number of hydrogen-bond acceptors (Lipinski definition) is 3. The van der Waals surface area contributed by atoms with Crippen molar-refractivity contribution in [3.63, 3.8) is 0 Å². The van der Waals surface area contributed by atoms with Crippen molar-refractivity contribution in [2.45, 2.75) is 38.5 Å². The van der Waals surface area contributed by atoms with Crippen molar-refractivity contribution in [1.29, 1.82) is 0 Å². The Bertz CT molecular complexity index is 390. The first-order valence-corrected chi connectivity index (χ1v) is 8.18. The second kappa shape index (κ2) is 6.64. The zero-order chi connectivity index (χ0) is 14.7. The molecule has 3 amide bonds. The molecule has 3 aliphatic rings. The van der Waals surface area contributed by atoms with Crippen LogP contribution in [0.5, 0.6) is 0 Å². The van der Waals surface area contributed by atoms with Gasteiger partial charge in [0.05, 0.1) is 13.2 Å². The maximum Gasteiger partial charge on any atom is 0.336 e. The van der Waals surface area contributed by atoms with E-state index < -0.39 is 0 Å². The molecule has 0 radical (unpaired) electrons. The smallest absolute Gasteiger partial charge is 0.336 e. The van der Waals surface area contributed by atoms with Crippen LogP contribution in [0.3, 0.4) is 0 Å². The Hall–Kier alpha value is -1.30. The molecule has 1 aliphatic heterocycles. The second-order valence-electron chi connectivity index (χ2n) is 6.42. The van der Waals surface area contributed by atoms with Crippen LogP contribution in [-0.2, 0) is 9.53 Å². The first-order chi connectivity index (χ1) is 10.3. The average Bonchev–Trinajstić information content (AvgIpc) is 3.35. The third-order valence-corrected chi connectivity index (χ3v) is 5.02. The summed E-state index contributed by atoms with van der Waals surface area (Å²) in [6.45, 7) is 2.28. The van der Waals surface area contributed by atoms with Crippen molar-refractivity contribution in [3.8, 4) is 0 Å². The van der Waals surface area contributed by atoms with E-state index >= 15 is 0 Å². The normalized spacial score (nSPS) is 29.8. The molecule has 6 nitrogen and oxygen atoms in total. The van der Waals surface area contributed by atoms with E-state index in [-0.39, 0.29) is 17.9 Å². The molecule has 1 saturated heterocycles. The summed E-state index contributed by atoms with van der Waals surface area (Å²) in [6, 6.07) is -0.235. The van der Waals surface area contributed by atoms with Crippen molar-refractivity contribution in [2.24, 2.45) is 17.8 Å². The average molecular weight is 295 g/mol. The van der Waals surface area contributed by atoms with Gasteiger partial charge in [-0.1, -0.05) is 32.1 Å². The van der Waals surface area contributed by atoms with Gasteiger partial charge in [0.1, 0.15) is 0 Å². The van der Waals surface area contributed by atoms with Crippen LogP contribution in [0.4, 0.5) is 4.79 Å². The molecular weight excluding hydrogens is 270 g/mol. The lowest BCUT2D eigenvalue weighted by Crippen LogP contribution is -2.52. The van der Waals surface area contributed by atoms with Crippen molar-refractivity contribution in [2.75, 3.05) is 26.3 Å². The van der Waals surface area contributed by atoms with Gasteiger partial charge in [-0.05, 0) is 18.3 Å². The number of hydrogen-bond donors (Lipinski definition) is 2. The minimum atomic E-state index is -0.235. The van der Waals surface area contributed by atoms with Crippen LogP contribution in [0.1, 0.15) is 38.5 Å². The summed E-state index contributed by atoms with van der Waals surface area (Å²) in [5.41, 5.74) is 5.12. The number of urea groups is 1. The molecule has 0 unspecified atom stereocenters. The Balaban J connectivity index is 1.37. The maximum absolute atomic E-state index is 12.1. The first kappa shape index (κ1) is 14.6. The summed E-state index contributed by atoms with van der Waals surface area (Å²) in [5, 5.41) is 0. The number of nitrogens with one attached hydrogen (secondary N) is 2. The molecule has 118 valence electrons.